The van der Waals surface area contributed by atoms with Crippen LogP contribution in [-0.4, -0.2) is 5.11 Å². The molecule has 0 heterocycles. The van der Waals surface area contributed by atoms with Gasteiger partial charge >= 0.3 is 0 Å². The third kappa shape index (κ3) is 1.86. The second-order valence-electron chi connectivity index (χ2n) is 3.35. The first-order valence-corrected chi connectivity index (χ1v) is 4.70. The summed E-state index contributed by atoms with van der Waals surface area (Å²) in [6.07, 6.45) is 0. The van der Waals surface area contributed by atoms with Crippen molar-refractivity contribution in [3.05, 3.63) is 53.8 Å². The van der Waals surface area contributed by atoms with Gasteiger partial charge < -0.3 is 5.11 Å². The van der Waals surface area contributed by atoms with E-state index in [1.165, 1.54) is 24.3 Å². The summed E-state index contributed by atoms with van der Waals surface area (Å²) in [6, 6.07) is 12.6. The molecule has 2 aromatic rings. The van der Waals surface area contributed by atoms with E-state index in [1.807, 2.05) is 6.07 Å². The first-order valence-electron chi connectivity index (χ1n) is 4.70. The van der Waals surface area contributed by atoms with E-state index in [-0.39, 0.29) is 17.1 Å². The Bertz CT molecular complexity index is 572. The zero-order valence-corrected chi connectivity index (χ0v) is 8.31. The molecule has 16 heavy (non-hydrogen) atoms. The lowest BCUT2D eigenvalue weighted by Crippen LogP contribution is -1.82. The predicted octanol–water partition coefficient (Wildman–Crippen LogP) is 3.07. The minimum atomic E-state index is -0.330. The normalized spacial score (nSPS) is 9.75. The molecule has 0 spiro atoms. The van der Waals surface area contributed by atoms with Gasteiger partial charge in [0.25, 0.3) is 0 Å². The van der Waals surface area contributed by atoms with Gasteiger partial charge in [0.2, 0.25) is 0 Å². The number of phenols is 1. The first-order chi connectivity index (χ1) is 7.70. The maximum atomic E-state index is 13.0. The number of phenolic OH excluding ortho intramolecular Hbond substituents is 1. The maximum absolute atomic E-state index is 13.0. The lowest BCUT2D eigenvalue weighted by Gasteiger charge is -2.03. The van der Waals surface area contributed by atoms with Crippen LogP contribution in [-0.2, 0) is 0 Å². The van der Waals surface area contributed by atoms with Gasteiger partial charge in [-0.25, -0.2) is 4.39 Å². The van der Waals surface area contributed by atoms with Gasteiger partial charge in [-0.05, 0) is 35.4 Å². The standard InChI is InChI=1S/C13H8FNO/c14-12-3-1-2-9(7-12)10-4-5-13(16)11(6-10)8-15/h1-7,16H. The molecule has 0 atom stereocenters. The Hall–Kier alpha value is -2.34. The topological polar surface area (TPSA) is 44.0 Å². The van der Waals surface area contributed by atoms with Gasteiger partial charge in [0.1, 0.15) is 17.6 Å². The van der Waals surface area contributed by atoms with Crippen LogP contribution < -0.4 is 0 Å². The third-order valence-corrected chi connectivity index (χ3v) is 2.27. The molecule has 0 amide bonds. The Morgan fingerprint density at radius 3 is 2.50 bits per heavy atom. The molecular weight excluding hydrogens is 205 g/mol. The number of hydrogen-bond acceptors (Lipinski definition) is 2. The van der Waals surface area contributed by atoms with Crippen molar-refractivity contribution < 1.29 is 9.50 Å². The van der Waals surface area contributed by atoms with Crippen molar-refractivity contribution in [1.82, 2.24) is 0 Å². The molecule has 0 saturated heterocycles. The molecule has 2 aromatic carbocycles. The second-order valence-corrected chi connectivity index (χ2v) is 3.35. The molecule has 0 unspecified atom stereocenters. The lowest BCUT2D eigenvalue weighted by molar-refractivity contribution is 0.473. The summed E-state index contributed by atoms with van der Waals surface area (Å²) in [5.74, 6) is -0.397. The summed E-state index contributed by atoms with van der Waals surface area (Å²) in [5.41, 5.74) is 1.56. The van der Waals surface area contributed by atoms with Gasteiger partial charge in [0.15, 0.2) is 0 Å². The van der Waals surface area contributed by atoms with Crippen LogP contribution in [0.3, 0.4) is 0 Å². The van der Waals surface area contributed by atoms with E-state index in [9.17, 15) is 9.50 Å². The van der Waals surface area contributed by atoms with Gasteiger partial charge in [-0.15, -0.1) is 0 Å². The largest absolute Gasteiger partial charge is 0.507 e. The van der Waals surface area contributed by atoms with Crippen LogP contribution in [0.15, 0.2) is 42.5 Å². The molecule has 0 aliphatic carbocycles. The molecule has 2 nitrogen and oxygen atoms in total. The summed E-state index contributed by atoms with van der Waals surface area (Å²) in [7, 11) is 0. The van der Waals surface area contributed by atoms with E-state index in [4.69, 9.17) is 5.26 Å². The zero-order chi connectivity index (χ0) is 11.5. The van der Waals surface area contributed by atoms with Crippen molar-refractivity contribution in [1.29, 1.82) is 5.26 Å². The first kappa shape index (κ1) is 10.2. The molecule has 0 saturated carbocycles. The number of nitriles is 1. The van der Waals surface area contributed by atoms with E-state index in [2.05, 4.69) is 0 Å². The number of halogens is 1. The van der Waals surface area contributed by atoms with Crippen molar-refractivity contribution in [3.8, 4) is 22.9 Å². The molecular formula is C13H8FNO. The Balaban J connectivity index is 2.54. The number of aromatic hydroxyl groups is 1. The van der Waals surface area contributed by atoms with Crippen LogP contribution in [0.2, 0.25) is 0 Å². The highest BCUT2D eigenvalue weighted by molar-refractivity contribution is 5.67. The molecule has 0 aliphatic heterocycles. The molecule has 1 N–H and O–H groups in total. The summed E-state index contributed by atoms with van der Waals surface area (Å²) < 4.78 is 13.0. The molecule has 2 rings (SSSR count). The fraction of sp³-hybridized carbons (Fsp3) is 0. The third-order valence-electron chi connectivity index (χ3n) is 2.27. The number of nitrogens with zero attached hydrogens (tertiary/aromatic N) is 1. The summed E-state index contributed by atoms with van der Waals surface area (Å²) in [6.45, 7) is 0. The van der Waals surface area contributed by atoms with Gasteiger partial charge in [-0.1, -0.05) is 18.2 Å². The van der Waals surface area contributed by atoms with Gasteiger partial charge in [-0.3, -0.25) is 0 Å². The quantitative estimate of drug-likeness (QED) is 0.791. The Labute approximate surface area is 92.2 Å². The molecule has 78 valence electrons. The summed E-state index contributed by atoms with van der Waals surface area (Å²) in [5, 5.41) is 18.1. The van der Waals surface area contributed by atoms with Crippen LogP contribution >= 0.6 is 0 Å². The van der Waals surface area contributed by atoms with Crippen LogP contribution in [0.1, 0.15) is 5.56 Å². The van der Waals surface area contributed by atoms with E-state index in [1.54, 1.807) is 18.2 Å². The average Bonchev–Trinajstić information content (AvgIpc) is 2.29. The van der Waals surface area contributed by atoms with Gasteiger partial charge in [0, 0.05) is 0 Å². The zero-order valence-electron chi connectivity index (χ0n) is 8.31. The minimum absolute atomic E-state index is 0.0670. The van der Waals surface area contributed by atoms with Gasteiger partial charge in [-0.2, -0.15) is 5.26 Å². The predicted molar refractivity (Wildman–Crippen MR) is 58.2 cm³/mol. The summed E-state index contributed by atoms with van der Waals surface area (Å²) in [4.78, 5) is 0. The molecule has 0 aromatic heterocycles. The van der Waals surface area contributed by atoms with Crippen LogP contribution in [0.25, 0.3) is 11.1 Å². The van der Waals surface area contributed by atoms with Crippen LogP contribution in [0.4, 0.5) is 4.39 Å². The number of hydrogen-bond donors (Lipinski definition) is 1. The van der Waals surface area contributed by atoms with E-state index >= 15 is 0 Å². The van der Waals surface area contributed by atoms with Crippen LogP contribution in [0, 0.1) is 17.1 Å². The molecule has 0 bridgehead atoms. The van der Waals surface area contributed by atoms with Gasteiger partial charge in [0.05, 0.1) is 5.56 Å². The highest BCUT2D eigenvalue weighted by Gasteiger charge is 2.04. The van der Waals surface area contributed by atoms with E-state index in [0.717, 1.165) is 0 Å². The average molecular weight is 213 g/mol. The van der Waals surface area contributed by atoms with Crippen molar-refractivity contribution in [2.75, 3.05) is 0 Å². The number of rotatable bonds is 1. The van der Waals surface area contributed by atoms with Crippen molar-refractivity contribution >= 4 is 0 Å². The molecule has 0 fully saturated rings. The Kier molecular flexibility index (Phi) is 2.57. The fourth-order valence-corrected chi connectivity index (χ4v) is 1.47. The molecule has 3 heteroatoms. The second kappa shape index (κ2) is 4.03. The van der Waals surface area contributed by atoms with E-state index < -0.39 is 0 Å². The smallest absolute Gasteiger partial charge is 0.133 e. The van der Waals surface area contributed by atoms with Crippen molar-refractivity contribution in [2.24, 2.45) is 0 Å². The highest BCUT2D eigenvalue weighted by Crippen LogP contribution is 2.25. The SMILES string of the molecule is N#Cc1cc(-c2cccc(F)c2)ccc1O. The van der Waals surface area contributed by atoms with Crippen molar-refractivity contribution in [2.45, 2.75) is 0 Å². The monoisotopic (exact) mass is 213 g/mol. The van der Waals surface area contributed by atoms with Crippen LogP contribution in [0.5, 0.6) is 5.75 Å². The molecule has 0 radical (unpaired) electrons. The lowest BCUT2D eigenvalue weighted by atomic mass is 10.0. The van der Waals surface area contributed by atoms with E-state index in [0.29, 0.717) is 11.1 Å². The summed E-state index contributed by atoms with van der Waals surface area (Å²) >= 11 is 0. The number of benzene rings is 2. The van der Waals surface area contributed by atoms with Crippen molar-refractivity contribution in [3.63, 3.8) is 0 Å². The minimum Gasteiger partial charge on any atom is -0.507 e. The highest BCUT2D eigenvalue weighted by atomic mass is 19.1. The Morgan fingerprint density at radius 2 is 1.81 bits per heavy atom. The Morgan fingerprint density at radius 1 is 1.06 bits per heavy atom. The molecule has 0 aliphatic rings. The maximum Gasteiger partial charge on any atom is 0.133 e. The fourth-order valence-electron chi connectivity index (χ4n) is 1.47.